The van der Waals surface area contributed by atoms with Crippen molar-refractivity contribution in [3.8, 4) is 22.9 Å². The molecule has 0 fully saturated rings. The summed E-state index contributed by atoms with van der Waals surface area (Å²) in [6, 6.07) is 7.28. The predicted molar refractivity (Wildman–Crippen MR) is 108 cm³/mol. The summed E-state index contributed by atoms with van der Waals surface area (Å²) in [4.78, 5) is 16.7. The number of unbranched alkanes of at least 4 members (excludes halogenated alkanes) is 1. The summed E-state index contributed by atoms with van der Waals surface area (Å²) >= 11 is 1.57. The van der Waals surface area contributed by atoms with Crippen molar-refractivity contribution >= 4 is 22.9 Å². The van der Waals surface area contributed by atoms with Gasteiger partial charge in [-0.05, 0) is 30.0 Å². The number of thiophene rings is 1. The maximum atomic E-state index is 12.4. The third-order valence-electron chi connectivity index (χ3n) is 4.03. The standard InChI is InChI=1S/C20H23N3O4S/c1-3-4-10-26-17-6-5-15(25-2)12-16(17)21-18(24)7-8-19-22-20(23-27-19)14-9-11-28-13-14/h5-6,9,11-13H,3-4,7-8,10H2,1-2H3,(H,21,24). The number of amides is 1. The molecule has 0 atom stereocenters. The third kappa shape index (κ3) is 5.32. The molecule has 0 aliphatic heterocycles. The minimum Gasteiger partial charge on any atom is -0.497 e. The van der Waals surface area contributed by atoms with Crippen LogP contribution < -0.4 is 14.8 Å². The highest BCUT2D eigenvalue weighted by atomic mass is 32.1. The van der Waals surface area contributed by atoms with E-state index in [0.29, 0.717) is 41.9 Å². The number of anilines is 1. The van der Waals surface area contributed by atoms with Gasteiger partial charge in [0.1, 0.15) is 11.5 Å². The SMILES string of the molecule is CCCCOc1ccc(OC)cc1NC(=O)CCc1nc(-c2ccsc2)no1. The van der Waals surface area contributed by atoms with Gasteiger partial charge in [0, 0.05) is 29.9 Å². The summed E-state index contributed by atoms with van der Waals surface area (Å²) < 4.78 is 16.3. The average molecular weight is 401 g/mol. The van der Waals surface area contributed by atoms with Crippen molar-refractivity contribution in [3.05, 3.63) is 40.9 Å². The van der Waals surface area contributed by atoms with Crippen molar-refractivity contribution < 1.29 is 18.8 Å². The highest BCUT2D eigenvalue weighted by molar-refractivity contribution is 7.08. The highest BCUT2D eigenvalue weighted by Crippen LogP contribution is 2.29. The molecule has 1 aromatic carbocycles. The zero-order valence-corrected chi connectivity index (χ0v) is 16.8. The average Bonchev–Trinajstić information content (AvgIpc) is 3.39. The minimum absolute atomic E-state index is 0.163. The first-order valence-corrected chi connectivity index (χ1v) is 10.1. The van der Waals surface area contributed by atoms with Crippen LogP contribution in [0.25, 0.3) is 11.4 Å². The second kappa shape index (κ2) is 9.89. The van der Waals surface area contributed by atoms with E-state index in [1.54, 1.807) is 36.6 Å². The maximum Gasteiger partial charge on any atom is 0.227 e. The van der Waals surface area contributed by atoms with Gasteiger partial charge in [-0.1, -0.05) is 18.5 Å². The Kier molecular flexibility index (Phi) is 7.02. The summed E-state index contributed by atoms with van der Waals surface area (Å²) in [6.07, 6.45) is 2.56. The summed E-state index contributed by atoms with van der Waals surface area (Å²) in [5, 5.41) is 10.7. The molecule has 0 spiro atoms. The van der Waals surface area contributed by atoms with Gasteiger partial charge in [0.2, 0.25) is 17.6 Å². The number of nitrogens with one attached hydrogen (secondary N) is 1. The van der Waals surface area contributed by atoms with E-state index < -0.39 is 0 Å². The van der Waals surface area contributed by atoms with Gasteiger partial charge in [-0.15, -0.1) is 0 Å². The van der Waals surface area contributed by atoms with Crippen LogP contribution in [0.1, 0.15) is 32.1 Å². The van der Waals surface area contributed by atoms with Crippen molar-refractivity contribution in [2.45, 2.75) is 32.6 Å². The molecule has 1 amide bonds. The Labute approximate surface area is 167 Å². The molecule has 0 aliphatic rings. The van der Waals surface area contributed by atoms with E-state index in [9.17, 15) is 4.79 Å². The van der Waals surface area contributed by atoms with Crippen molar-refractivity contribution in [3.63, 3.8) is 0 Å². The lowest BCUT2D eigenvalue weighted by molar-refractivity contribution is -0.116. The lowest BCUT2D eigenvalue weighted by atomic mass is 10.2. The molecule has 0 unspecified atom stereocenters. The summed E-state index contributed by atoms with van der Waals surface area (Å²) in [7, 11) is 1.58. The molecule has 0 saturated heterocycles. The first-order valence-electron chi connectivity index (χ1n) is 9.15. The van der Waals surface area contributed by atoms with E-state index in [0.717, 1.165) is 18.4 Å². The van der Waals surface area contributed by atoms with Crippen LogP contribution in [0.15, 0.2) is 39.5 Å². The molecule has 7 nitrogen and oxygen atoms in total. The molecule has 1 N–H and O–H groups in total. The largest absolute Gasteiger partial charge is 0.497 e. The van der Waals surface area contributed by atoms with Crippen LogP contribution in [-0.2, 0) is 11.2 Å². The van der Waals surface area contributed by atoms with Crippen molar-refractivity contribution in [2.75, 3.05) is 19.0 Å². The van der Waals surface area contributed by atoms with Crippen LogP contribution in [0.2, 0.25) is 0 Å². The van der Waals surface area contributed by atoms with E-state index in [2.05, 4.69) is 22.4 Å². The van der Waals surface area contributed by atoms with Crippen molar-refractivity contribution in [1.29, 1.82) is 0 Å². The third-order valence-corrected chi connectivity index (χ3v) is 4.71. The highest BCUT2D eigenvalue weighted by Gasteiger charge is 2.13. The number of methoxy groups -OCH3 is 1. The quantitative estimate of drug-likeness (QED) is 0.501. The van der Waals surface area contributed by atoms with Gasteiger partial charge < -0.3 is 19.3 Å². The lowest BCUT2D eigenvalue weighted by Crippen LogP contribution is -2.14. The number of ether oxygens (including phenoxy) is 2. The molecule has 148 valence electrons. The van der Waals surface area contributed by atoms with Crippen molar-refractivity contribution in [2.24, 2.45) is 0 Å². The summed E-state index contributed by atoms with van der Waals surface area (Å²) in [5.41, 5.74) is 1.50. The molecular weight excluding hydrogens is 378 g/mol. The zero-order chi connectivity index (χ0) is 19.8. The number of hydrogen-bond acceptors (Lipinski definition) is 7. The molecule has 0 radical (unpaired) electrons. The summed E-state index contributed by atoms with van der Waals surface area (Å²) in [5.74, 6) is 2.08. The number of nitrogens with zero attached hydrogens (tertiary/aromatic N) is 2. The van der Waals surface area contributed by atoms with Gasteiger partial charge in [-0.2, -0.15) is 16.3 Å². The van der Waals surface area contributed by atoms with Gasteiger partial charge in [-0.3, -0.25) is 4.79 Å². The van der Waals surface area contributed by atoms with Gasteiger partial charge in [0.15, 0.2) is 0 Å². The van der Waals surface area contributed by atoms with Gasteiger partial charge in [-0.25, -0.2) is 0 Å². The second-order valence-corrected chi connectivity index (χ2v) is 6.92. The number of aryl methyl sites for hydroxylation is 1. The lowest BCUT2D eigenvalue weighted by Gasteiger charge is -2.13. The monoisotopic (exact) mass is 401 g/mol. The van der Waals surface area contributed by atoms with E-state index in [4.69, 9.17) is 14.0 Å². The van der Waals surface area contributed by atoms with Crippen LogP contribution in [0.3, 0.4) is 0 Å². The molecule has 3 rings (SSSR count). The van der Waals surface area contributed by atoms with E-state index >= 15 is 0 Å². The first kappa shape index (κ1) is 19.9. The fourth-order valence-electron chi connectivity index (χ4n) is 2.48. The van der Waals surface area contributed by atoms with Gasteiger partial charge in [0.05, 0.1) is 19.4 Å². The molecule has 0 saturated carbocycles. The van der Waals surface area contributed by atoms with Crippen molar-refractivity contribution in [1.82, 2.24) is 10.1 Å². The van der Waals surface area contributed by atoms with Crippen LogP contribution in [0.4, 0.5) is 5.69 Å². The van der Waals surface area contributed by atoms with E-state index in [-0.39, 0.29) is 12.3 Å². The number of benzene rings is 1. The fourth-order valence-corrected chi connectivity index (χ4v) is 3.12. The Bertz CT molecular complexity index is 893. The Balaban J connectivity index is 1.59. The Morgan fingerprint density at radius 3 is 2.96 bits per heavy atom. The molecule has 8 heteroatoms. The Morgan fingerprint density at radius 2 is 2.21 bits per heavy atom. The number of rotatable bonds is 10. The van der Waals surface area contributed by atoms with Crippen LogP contribution in [0, 0.1) is 0 Å². The Hall–Kier alpha value is -2.87. The van der Waals surface area contributed by atoms with E-state index in [1.807, 2.05) is 16.8 Å². The van der Waals surface area contributed by atoms with E-state index in [1.165, 1.54) is 0 Å². The maximum absolute atomic E-state index is 12.4. The second-order valence-electron chi connectivity index (χ2n) is 6.14. The molecule has 3 aromatic rings. The molecule has 0 aliphatic carbocycles. The normalized spacial score (nSPS) is 10.6. The number of carbonyl (C=O) groups is 1. The molecular formula is C20H23N3O4S. The predicted octanol–water partition coefficient (Wildman–Crippen LogP) is 4.56. The summed E-state index contributed by atoms with van der Waals surface area (Å²) in [6.45, 7) is 2.69. The molecule has 2 aromatic heterocycles. The Morgan fingerprint density at radius 1 is 1.32 bits per heavy atom. The zero-order valence-electron chi connectivity index (χ0n) is 15.9. The topological polar surface area (TPSA) is 86.5 Å². The van der Waals surface area contributed by atoms with Crippen LogP contribution in [-0.4, -0.2) is 29.8 Å². The first-order chi connectivity index (χ1) is 13.7. The fraction of sp³-hybridized carbons (Fsp3) is 0.350. The minimum atomic E-state index is -0.163. The molecule has 0 bridgehead atoms. The van der Waals surface area contributed by atoms with Gasteiger partial charge in [0.25, 0.3) is 0 Å². The number of carbonyl (C=O) groups excluding carboxylic acids is 1. The van der Waals surface area contributed by atoms with Crippen LogP contribution >= 0.6 is 11.3 Å². The number of hydrogen-bond donors (Lipinski definition) is 1. The molecule has 28 heavy (non-hydrogen) atoms. The molecule has 2 heterocycles. The number of aromatic nitrogens is 2. The smallest absolute Gasteiger partial charge is 0.227 e. The van der Waals surface area contributed by atoms with Crippen LogP contribution in [0.5, 0.6) is 11.5 Å². The van der Waals surface area contributed by atoms with Gasteiger partial charge >= 0.3 is 0 Å².